The van der Waals surface area contributed by atoms with Gasteiger partial charge in [-0.3, -0.25) is 4.68 Å². The molecule has 1 aromatic rings. The van der Waals surface area contributed by atoms with E-state index in [0.29, 0.717) is 6.54 Å². The summed E-state index contributed by atoms with van der Waals surface area (Å²) in [5, 5.41) is 10.8. The van der Waals surface area contributed by atoms with E-state index in [1.165, 1.54) is 32.1 Å². The van der Waals surface area contributed by atoms with Crippen LogP contribution in [0.4, 0.5) is 0 Å². The van der Waals surface area contributed by atoms with Crippen LogP contribution in [0.15, 0.2) is 11.3 Å². The van der Waals surface area contributed by atoms with E-state index in [9.17, 15) is 0 Å². The Balaban J connectivity index is 0.00000484. The molecule has 6 nitrogen and oxygen atoms in total. The molecule has 0 aliphatic heterocycles. The molecule has 1 rings (SSSR count). The summed E-state index contributed by atoms with van der Waals surface area (Å²) in [6, 6.07) is 0. The smallest absolute Gasteiger partial charge is 0.191 e. The number of halogens is 1. The first-order chi connectivity index (χ1) is 10.7. The molecule has 1 heterocycles. The Morgan fingerprint density at radius 3 is 2.57 bits per heavy atom. The number of unbranched alkanes of at least 4 members (excludes halogenated alkanes) is 1. The lowest BCUT2D eigenvalue weighted by Crippen LogP contribution is -2.39. The van der Waals surface area contributed by atoms with Crippen molar-refractivity contribution in [3.63, 3.8) is 0 Å². The van der Waals surface area contributed by atoms with E-state index < -0.39 is 0 Å². The fourth-order valence-electron chi connectivity index (χ4n) is 2.45. The minimum absolute atomic E-state index is 0. The van der Waals surface area contributed by atoms with Gasteiger partial charge in [0.15, 0.2) is 5.96 Å². The molecule has 0 saturated carbocycles. The molecule has 0 radical (unpaired) electrons. The molecule has 0 aliphatic carbocycles. The van der Waals surface area contributed by atoms with Gasteiger partial charge in [-0.15, -0.1) is 24.0 Å². The number of guanidine groups is 1. The van der Waals surface area contributed by atoms with Crippen molar-refractivity contribution in [2.24, 2.45) is 18.0 Å². The van der Waals surface area contributed by atoms with Crippen LogP contribution in [-0.4, -0.2) is 33.8 Å². The monoisotopic (exact) mass is 436 g/mol. The Bertz CT molecular complexity index is 432. The summed E-state index contributed by atoms with van der Waals surface area (Å²) < 4.78 is 1.76. The van der Waals surface area contributed by atoms with Crippen LogP contribution < -0.4 is 10.6 Å². The zero-order chi connectivity index (χ0) is 16.2. The van der Waals surface area contributed by atoms with Crippen molar-refractivity contribution < 1.29 is 0 Å². The molecular formula is C16H33IN6. The SMILES string of the molecule is CCCCC(CCC)CNC(=NCc1ncnn1C)NCC.I. The van der Waals surface area contributed by atoms with E-state index in [-0.39, 0.29) is 24.0 Å². The average Bonchev–Trinajstić information content (AvgIpc) is 2.92. The van der Waals surface area contributed by atoms with E-state index in [2.05, 4.69) is 46.5 Å². The summed E-state index contributed by atoms with van der Waals surface area (Å²) in [7, 11) is 1.89. The van der Waals surface area contributed by atoms with Gasteiger partial charge in [0.25, 0.3) is 0 Å². The van der Waals surface area contributed by atoms with E-state index in [4.69, 9.17) is 0 Å². The van der Waals surface area contributed by atoms with Gasteiger partial charge in [-0.1, -0.05) is 33.1 Å². The highest BCUT2D eigenvalue weighted by Crippen LogP contribution is 2.13. The Morgan fingerprint density at radius 2 is 2.00 bits per heavy atom. The number of aromatic nitrogens is 3. The highest BCUT2D eigenvalue weighted by Gasteiger charge is 2.08. The number of aliphatic imine (C=N–C) groups is 1. The van der Waals surface area contributed by atoms with Crippen molar-refractivity contribution in [2.45, 2.75) is 59.4 Å². The Kier molecular flexibility index (Phi) is 13.1. The summed E-state index contributed by atoms with van der Waals surface area (Å²) in [5.41, 5.74) is 0. The van der Waals surface area contributed by atoms with Crippen LogP contribution in [0.1, 0.15) is 58.7 Å². The van der Waals surface area contributed by atoms with Gasteiger partial charge < -0.3 is 10.6 Å². The lowest BCUT2D eigenvalue weighted by molar-refractivity contribution is 0.423. The topological polar surface area (TPSA) is 67.1 Å². The fraction of sp³-hybridized carbons (Fsp3) is 0.812. The second-order valence-electron chi connectivity index (χ2n) is 5.67. The van der Waals surface area contributed by atoms with E-state index in [1.807, 2.05) is 7.05 Å². The molecule has 0 aliphatic rings. The zero-order valence-corrected chi connectivity index (χ0v) is 17.3. The van der Waals surface area contributed by atoms with Crippen LogP contribution in [0.5, 0.6) is 0 Å². The molecule has 2 N–H and O–H groups in total. The maximum Gasteiger partial charge on any atom is 0.191 e. The fourth-order valence-corrected chi connectivity index (χ4v) is 2.45. The van der Waals surface area contributed by atoms with Crippen molar-refractivity contribution in [2.75, 3.05) is 13.1 Å². The first-order valence-electron chi connectivity index (χ1n) is 8.56. The standard InChI is InChI=1S/C16H32N6.HI/c1-5-8-10-14(9-6-2)11-18-16(17-7-3)19-12-15-20-13-21-22(15)4;/h13-14H,5-12H2,1-4H3,(H2,17,18,19);1H. The number of aryl methyl sites for hydroxylation is 1. The summed E-state index contributed by atoms with van der Waals surface area (Å²) >= 11 is 0. The molecule has 1 atom stereocenters. The number of nitrogens with one attached hydrogen (secondary N) is 2. The van der Waals surface area contributed by atoms with Gasteiger partial charge in [0.1, 0.15) is 18.7 Å². The number of rotatable bonds is 10. The van der Waals surface area contributed by atoms with Crippen LogP contribution in [0.3, 0.4) is 0 Å². The van der Waals surface area contributed by atoms with Crippen LogP contribution in [-0.2, 0) is 13.6 Å². The summed E-state index contributed by atoms with van der Waals surface area (Å²) in [4.78, 5) is 8.80. The van der Waals surface area contributed by atoms with Crippen molar-refractivity contribution in [3.8, 4) is 0 Å². The quantitative estimate of drug-likeness (QED) is 0.336. The van der Waals surface area contributed by atoms with Crippen LogP contribution in [0.2, 0.25) is 0 Å². The van der Waals surface area contributed by atoms with Crippen molar-refractivity contribution in [3.05, 3.63) is 12.2 Å². The minimum atomic E-state index is 0. The van der Waals surface area contributed by atoms with Crippen molar-refractivity contribution in [1.82, 2.24) is 25.4 Å². The Labute approximate surface area is 158 Å². The third kappa shape index (κ3) is 9.12. The van der Waals surface area contributed by atoms with Gasteiger partial charge >= 0.3 is 0 Å². The molecule has 7 heteroatoms. The predicted molar refractivity (Wildman–Crippen MR) is 107 cm³/mol. The molecular weight excluding hydrogens is 403 g/mol. The second-order valence-corrected chi connectivity index (χ2v) is 5.67. The van der Waals surface area contributed by atoms with Gasteiger partial charge in [0, 0.05) is 20.1 Å². The van der Waals surface area contributed by atoms with Gasteiger partial charge in [-0.05, 0) is 25.7 Å². The third-order valence-corrected chi connectivity index (χ3v) is 3.75. The molecule has 0 bridgehead atoms. The Hall–Kier alpha value is -0.860. The molecule has 134 valence electrons. The van der Waals surface area contributed by atoms with Crippen molar-refractivity contribution in [1.29, 1.82) is 0 Å². The van der Waals surface area contributed by atoms with Crippen LogP contribution in [0, 0.1) is 5.92 Å². The molecule has 0 amide bonds. The van der Waals surface area contributed by atoms with Gasteiger partial charge in [0.05, 0.1) is 0 Å². The lowest BCUT2D eigenvalue weighted by Gasteiger charge is -2.18. The maximum atomic E-state index is 4.60. The first-order valence-corrected chi connectivity index (χ1v) is 8.56. The van der Waals surface area contributed by atoms with Gasteiger partial charge in [-0.2, -0.15) is 5.10 Å². The first kappa shape index (κ1) is 22.1. The van der Waals surface area contributed by atoms with E-state index in [1.54, 1.807) is 11.0 Å². The number of nitrogens with zero attached hydrogens (tertiary/aromatic N) is 4. The van der Waals surface area contributed by atoms with Crippen LogP contribution >= 0.6 is 24.0 Å². The maximum absolute atomic E-state index is 4.60. The van der Waals surface area contributed by atoms with E-state index in [0.717, 1.165) is 30.8 Å². The third-order valence-electron chi connectivity index (χ3n) is 3.75. The zero-order valence-electron chi connectivity index (χ0n) is 15.0. The molecule has 0 spiro atoms. The highest BCUT2D eigenvalue weighted by molar-refractivity contribution is 14.0. The number of hydrogen-bond acceptors (Lipinski definition) is 3. The molecule has 1 unspecified atom stereocenters. The summed E-state index contributed by atoms with van der Waals surface area (Å²) in [5.74, 6) is 2.46. The number of hydrogen-bond donors (Lipinski definition) is 2. The molecule has 0 saturated heterocycles. The largest absolute Gasteiger partial charge is 0.357 e. The van der Waals surface area contributed by atoms with Crippen LogP contribution in [0.25, 0.3) is 0 Å². The average molecular weight is 436 g/mol. The molecule has 0 aromatic carbocycles. The second kappa shape index (κ2) is 13.6. The Morgan fingerprint density at radius 1 is 1.22 bits per heavy atom. The summed E-state index contributed by atoms with van der Waals surface area (Å²) in [6.07, 6.45) is 7.94. The van der Waals surface area contributed by atoms with E-state index >= 15 is 0 Å². The summed E-state index contributed by atoms with van der Waals surface area (Å²) in [6.45, 7) is 8.98. The minimum Gasteiger partial charge on any atom is -0.357 e. The van der Waals surface area contributed by atoms with Gasteiger partial charge in [-0.25, -0.2) is 9.98 Å². The normalized spacial score (nSPS) is 12.6. The molecule has 23 heavy (non-hydrogen) atoms. The molecule has 1 aromatic heterocycles. The highest BCUT2D eigenvalue weighted by atomic mass is 127. The predicted octanol–water partition coefficient (Wildman–Crippen LogP) is 3.09. The molecule has 0 fully saturated rings. The van der Waals surface area contributed by atoms with Gasteiger partial charge in [0.2, 0.25) is 0 Å². The lowest BCUT2D eigenvalue weighted by atomic mass is 9.97. The van der Waals surface area contributed by atoms with Crippen molar-refractivity contribution >= 4 is 29.9 Å².